The minimum absolute atomic E-state index is 0.0110. The molecule has 0 amide bonds. The van der Waals surface area contributed by atoms with E-state index in [-0.39, 0.29) is 33.2 Å². The Morgan fingerprint density at radius 1 is 1.05 bits per heavy atom. The molecule has 40 heavy (non-hydrogen) atoms. The van der Waals surface area contributed by atoms with Crippen molar-refractivity contribution < 1.29 is 13.2 Å². The van der Waals surface area contributed by atoms with Crippen LogP contribution in [0.5, 0.6) is 0 Å². The van der Waals surface area contributed by atoms with E-state index in [2.05, 4.69) is 19.9 Å². The summed E-state index contributed by atoms with van der Waals surface area (Å²) in [6, 6.07) is 19.6. The molecule has 6 aromatic rings. The first-order valence-electron chi connectivity index (χ1n) is 12.6. The molecule has 0 atom stereocenters. The minimum Gasteiger partial charge on any atom is -0.383 e. The van der Waals surface area contributed by atoms with Crippen LogP contribution in [0.15, 0.2) is 83.9 Å². The van der Waals surface area contributed by atoms with Crippen LogP contribution in [0.3, 0.4) is 0 Å². The molecular formula is C29H21N7O3S. The number of hydrogen-bond acceptors (Lipinski definition) is 6. The van der Waals surface area contributed by atoms with Crippen LogP contribution >= 0.6 is 0 Å². The molecule has 10 nitrogen and oxygen atoms in total. The lowest BCUT2D eigenvalue weighted by molar-refractivity contribution is 0.103. The number of fused-ring (bicyclic) bond motifs is 2. The Morgan fingerprint density at radius 2 is 1.85 bits per heavy atom. The fourth-order valence-corrected chi connectivity index (χ4v) is 6.45. The SMILES string of the molecule is [C-]#[N+]c1ccc2cc(C(=O)c3cnn(-c4ccc5nc(C6CC6)[nH]c5c4)c3N)n(S(=O)(=O)c3ccccc3)c2c1. The van der Waals surface area contributed by atoms with Crippen molar-refractivity contribution in [2.45, 2.75) is 23.7 Å². The molecule has 0 spiro atoms. The number of nitrogen functional groups attached to an aromatic ring is 1. The number of hydrogen-bond donors (Lipinski definition) is 2. The lowest BCUT2D eigenvalue weighted by Crippen LogP contribution is -2.19. The second-order valence-corrected chi connectivity index (χ2v) is 11.5. The van der Waals surface area contributed by atoms with Gasteiger partial charge in [-0.15, -0.1) is 0 Å². The Morgan fingerprint density at radius 3 is 2.60 bits per heavy atom. The van der Waals surface area contributed by atoms with Crippen molar-refractivity contribution in [3.8, 4) is 5.69 Å². The van der Waals surface area contributed by atoms with E-state index in [1.54, 1.807) is 30.3 Å². The summed E-state index contributed by atoms with van der Waals surface area (Å²) in [7, 11) is -4.20. The van der Waals surface area contributed by atoms with Crippen LogP contribution in [0.25, 0.3) is 32.5 Å². The molecule has 1 saturated carbocycles. The second kappa shape index (κ2) is 8.65. The van der Waals surface area contributed by atoms with Crippen molar-refractivity contribution in [3.63, 3.8) is 0 Å². The number of rotatable bonds is 6. The van der Waals surface area contributed by atoms with E-state index in [4.69, 9.17) is 12.3 Å². The minimum atomic E-state index is -4.20. The van der Waals surface area contributed by atoms with E-state index in [9.17, 15) is 13.2 Å². The number of imidazole rings is 1. The summed E-state index contributed by atoms with van der Waals surface area (Å²) in [5, 5.41) is 4.86. The molecular weight excluding hydrogens is 526 g/mol. The maximum absolute atomic E-state index is 13.9. The quantitative estimate of drug-likeness (QED) is 0.218. The van der Waals surface area contributed by atoms with Crippen LogP contribution in [0.1, 0.15) is 40.6 Å². The summed E-state index contributed by atoms with van der Waals surface area (Å²) < 4.78 is 30.1. The normalized spacial score (nSPS) is 13.6. The van der Waals surface area contributed by atoms with E-state index < -0.39 is 15.8 Å². The van der Waals surface area contributed by atoms with Gasteiger partial charge in [0.05, 0.1) is 45.5 Å². The predicted octanol–water partition coefficient (Wildman–Crippen LogP) is 5.18. The molecule has 7 rings (SSSR count). The van der Waals surface area contributed by atoms with Gasteiger partial charge in [0.1, 0.15) is 17.3 Å². The number of nitrogens with two attached hydrogens (primary N) is 1. The Labute approximate surface area is 228 Å². The van der Waals surface area contributed by atoms with Crippen molar-refractivity contribution in [3.05, 3.63) is 107 Å². The number of H-pyrrole nitrogens is 1. The van der Waals surface area contributed by atoms with Gasteiger partial charge in [0.2, 0.25) is 5.78 Å². The molecule has 3 heterocycles. The molecule has 3 aromatic heterocycles. The van der Waals surface area contributed by atoms with Crippen LogP contribution in [0, 0.1) is 6.57 Å². The molecule has 0 bridgehead atoms. The Balaban J connectivity index is 1.35. The van der Waals surface area contributed by atoms with E-state index in [1.165, 1.54) is 35.1 Å². The van der Waals surface area contributed by atoms with E-state index in [0.29, 0.717) is 17.0 Å². The fourth-order valence-electron chi connectivity index (χ4n) is 4.93. The number of carbonyl (C=O) groups excluding carboxylic acids is 1. The molecule has 3 N–H and O–H groups in total. The maximum atomic E-state index is 13.9. The predicted molar refractivity (Wildman–Crippen MR) is 150 cm³/mol. The van der Waals surface area contributed by atoms with E-state index in [1.807, 2.05) is 18.2 Å². The van der Waals surface area contributed by atoms with Crippen LogP contribution in [-0.4, -0.2) is 37.9 Å². The number of aromatic nitrogens is 5. The second-order valence-electron chi connectivity index (χ2n) is 9.75. The van der Waals surface area contributed by atoms with E-state index in [0.717, 1.165) is 33.7 Å². The van der Waals surface area contributed by atoms with E-state index >= 15 is 0 Å². The molecule has 1 aliphatic rings. The van der Waals surface area contributed by atoms with Gasteiger partial charge in [-0.3, -0.25) is 4.79 Å². The molecule has 11 heteroatoms. The van der Waals surface area contributed by atoms with Gasteiger partial charge in [0.15, 0.2) is 5.69 Å². The number of nitrogens with zero attached hydrogens (tertiary/aromatic N) is 5. The van der Waals surface area contributed by atoms with Gasteiger partial charge in [0.25, 0.3) is 10.0 Å². The average Bonchev–Trinajstić information content (AvgIpc) is 3.44. The number of benzene rings is 3. The summed E-state index contributed by atoms with van der Waals surface area (Å²) in [5.41, 5.74) is 9.18. The molecule has 1 fully saturated rings. The number of anilines is 1. The van der Waals surface area contributed by atoms with Crippen molar-refractivity contribution in [1.82, 2.24) is 23.7 Å². The first-order valence-corrected chi connectivity index (χ1v) is 14.0. The Hall–Kier alpha value is -5.21. The molecule has 3 aromatic carbocycles. The highest BCUT2D eigenvalue weighted by molar-refractivity contribution is 7.90. The zero-order chi connectivity index (χ0) is 27.6. The van der Waals surface area contributed by atoms with Gasteiger partial charge in [0, 0.05) is 5.92 Å². The fraction of sp³-hybridized carbons (Fsp3) is 0.103. The zero-order valence-electron chi connectivity index (χ0n) is 20.9. The number of ketones is 1. The monoisotopic (exact) mass is 547 g/mol. The van der Waals surface area contributed by atoms with Crippen molar-refractivity contribution >= 4 is 49.2 Å². The van der Waals surface area contributed by atoms with Crippen molar-refractivity contribution in [2.75, 3.05) is 5.73 Å². The molecule has 0 unspecified atom stereocenters. The number of carbonyl (C=O) groups is 1. The van der Waals surface area contributed by atoms with Gasteiger partial charge in [-0.2, -0.15) is 5.10 Å². The third kappa shape index (κ3) is 3.69. The first kappa shape index (κ1) is 23.9. The highest BCUT2D eigenvalue weighted by Gasteiger charge is 2.30. The van der Waals surface area contributed by atoms with Crippen LogP contribution in [0.2, 0.25) is 0 Å². The standard InChI is InChI=1S/C29H21N7O3S/c1-31-19-10-9-18-13-26(36(25(18)14-19)40(38,39)21-5-3-2-4-6-21)27(37)22-16-32-35(28(22)30)20-11-12-23-24(15-20)34-29(33-23)17-7-8-17/h2-6,9-17H,7-8,30H2,(H,33,34). The summed E-state index contributed by atoms with van der Waals surface area (Å²) in [4.78, 5) is 25.4. The van der Waals surface area contributed by atoms with Gasteiger partial charge in [-0.25, -0.2) is 26.9 Å². The van der Waals surface area contributed by atoms with Crippen LogP contribution in [-0.2, 0) is 10.0 Å². The summed E-state index contributed by atoms with van der Waals surface area (Å²) in [6.45, 7) is 7.39. The molecule has 0 aliphatic heterocycles. The lowest BCUT2D eigenvalue weighted by atomic mass is 10.1. The number of nitrogens with one attached hydrogen (secondary N) is 1. The topological polar surface area (TPSA) is 133 Å². The molecule has 196 valence electrons. The smallest absolute Gasteiger partial charge is 0.268 e. The molecule has 1 aliphatic carbocycles. The Bertz CT molecular complexity index is 2130. The highest BCUT2D eigenvalue weighted by atomic mass is 32.2. The lowest BCUT2D eigenvalue weighted by Gasteiger charge is -2.12. The molecule has 0 radical (unpaired) electrons. The third-order valence-electron chi connectivity index (χ3n) is 7.13. The highest BCUT2D eigenvalue weighted by Crippen LogP contribution is 2.39. The van der Waals surface area contributed by atoms with Gasteiger partial charge in [-0.1, -0.05) is 30.3 Å². The maximum Gasteiger partial charge on any atom is 0.268 e. The Kier molecular flexibility index (Phi) is 5.17. The number of aromatic amines is 1. The van der Waals surface area contributed by atoms with Gasteiger partial charge < -0.3 is 10.7 Å². The van der Waals surface area contributed by atoms with Crippen LogP contribution in [0.4, 0.5) is 11.5 Å². The summed E-state index contributed by atoms with van der Waals surface area (Å²) in [6.07, 6.45) is 3.59. The third-order valence-corrected chi connectivity index (χ3v) is 8.87. The first-order chi connectivity index (χ1) is 19.3. The summed E-state index contributed by atoms with van der Waals surface area (Å²) >= 11 is 0. The average molecular weight is 548 g/mol. The molecule has 0 saturated heterocycles. The van der Waals surface area contributed by atoms with Gasteiger partial charge in [-0.05, 0) is 60.7 Å². The van der Waals surface area contributed by atoms with Crippen molar-refractivity contribution in [1.29, 1.82) is 0 Å². The van der Waals surface area contributed by atoms with Gasteiger partial charge >= 0.3 is 0 Å². The largest absolute Gasteiger partial charge is 0.383 e. The van der Waals surface area contributed by atoms with Crippen LogP contribution < -0.4 is 5.73 Å². The zero-order valence-corrected chi connectivity index (χ0v) is 21.8. The summed E-state index contributed by atoms with van der Waals surface area (Å²) in [5.74, 6) is 0.898. The van der Waals surface area contributed by atoms with Crippen molar-refractivity contribution in [2.24, 2.45) is 0 Å².